The van der Waals surface area contributed by atoms with Crippen molar-refractivity contribution in [2.24, 2.45) is 0 Å². The highest BCUT2D eigenvalue weighted by molar-refractivity contribution is 7.15. The third kappa shape index (κ3) is 5.03. The first kappa shape index (κ1) is 23.2. The number of aliphatic hydroxyl groups is 1. The number of ether oxygens (including phenoxy) is 1. The van der Waals surface area contributed by atoms with E-state index in [2.05, 4.69) is 0 Å². The molecule has 174 valence electrons. The van der Waals surface area contributed by atoms with E-state index in [0.29, 0.717) is 19.0 Å². The molecule has 2 amide bonds. The number of rotatable bonds is 6. The molecule has 1 aliphatic rings. The number of urea groups is 1. The number of nitrogens with zero attached hydrogens (tertiary/aromatic N) is 3. The third-order valence-corrected chi connectivity index (χ3v) is 7.33. The average molecular weight is 468 g/mol. The summed E-state index contributed by atoms with van der Waals surface area (Å²) in [6.45, 7) is 1.37. The zero-order valence-corrected chi connectivity index (χ0v) is 20.0. The van der Waals surface area contributed by atoms with E-state index in [0.717, 1.165) is 50.9 Å². The average Bonchev–Trinajstić information content (AvgIpc) is 3.33. The van der Waals surface area contributed by atoms with E-state index < -0.39 is 0 Å². The Bertz CT molecular complexity index is 1010. The monoisotopic (exact) mass is 467 g/mol. The van der Waals surface area contributed by atoms with Crippen LogP contribution in [0.3, 0.4) is 0 Å². The lowest BCUT2D eigenvalue weighted by molar-refractivity contribution is -0.0772. The van der Waals surface area contributed by atoms with Gasteiger partial charge in [-0.3, -0.25) is 4.84 Å². The van der Waals surface area contributed by atoms with Gasteiger partial charge in [0.25, 0.3) is 0 Å². The maximum atomic E-state index is 12.4. The number of thiazole rings is 1. The van der Waals surface area contributed by atoms with Crippen LogP contribution in [-0.2, 0) is 11.4 Å². The molecule has 0 radical (unpaired) electrons. The molecule has 0 atom stereocenters. The predicted molar refractivity (Wildman–Crippen MR) is 129 cm³/mol. The fourth-order valence-electron chi connectivity index (χ4n) is 4.01. The normalized spacial score (nSPS) is 14.4. The Morgan fingerprint density at radius 3 is 2.30 bits per heavy atom. The summed E-state index contributed by atoms with van der Waals surface area (Å²) in [5.74, 6) is 1.11. The second-order valence-corrected chi connectivity index (χ2v) is 9.07. The second-order valence-electron chi connectivity index (χ2n) is 8.04. The van der Waals surface area contributed by atoms with Crippen molar-refractivity contribution in [3.63, 3.8) is 0 Å². The van der Waals surface area contributed by atoms with Crippen LogP contribution in [-0.4, -0.2) is 60.4 Å². The molecular weight excluding hydrogens is 438 g/mol. The Morgan fingerprint density at radius 1 is 1.09 bits per heavy atom. The molecule has 0 spiro atoms. The topological polar surface area (TPSA) is 75.1 Å². The molecule has 0 aliphatic carbocycles. The van der Waals surface area contributed by atoms with Gasteiger partial charge in [0.2, 0.25) is 0 Å². The third-order valence-electron chi connectivity index (χ3n) is 6.06. The van der Waals surface area contributed by atoms with Crippen LogP contribution in [0.2, 0.25) is 0 Å². The van der Waals surface area contributed by atoms with E-state index in [-0.39, 0.29) is 12.6 Å². The van der Waals surface area contributed by atoms with Crippen LogP contribution in [0.25, 0.3) is 21.7 Å². The number of methoxy groups -OCH3 is 1. The molecule has 2 heterocycles. The summed E-state index contributed by atoms with van der Waals surface area (Å²) >= 11 is 1.71. The Morgan fingerprint density at radius 2 is 1.73 bits per heavy atom. The number of piperidine rings is 1. The fraction of sp³-hybridized carbons (Fsp3) is 0.360. The minimum absolute atomic E-state index is 0.0229. The zero-order chi connectivity index (χ0) is 23.4. The van der Waals surface area contributed by atoms with Gasteiger partial charge in [-0.2, -0.15) is 0 Å². The van der Waals surface area contributed by atoms with Gasteiger partial charge < -0.3 is 14.7 Å². The molecule has 8 heteroatoms. The number of aromatic nitrogens is 1. The molecule has 0 saturated carbocycles. The van der Waals surface area contributed by atoms with Crippen LogP contribution in [0.15, 0.2) is 48.5 Å². The van der Waals surface area contributed by atoms with Crippen molar-refractivity contribution < 1.29 is 19.5 Å². The van der Waals surface area contributed by atoms with Crippen LogP contribution in [0.5, 0.6) is 5.75 Å². The molecule has 3 aromatic rings. The predicted octanol–water partition coefficient (Wildman–Crippen LogP) is 4.77. The Labute approximate surface area is 198 Å². The van der Waals surface area contributed by atoms with E-state index >= 15 is 0 Å². The number of carbonyl (C=O) groups is 1. The fourth-order valence-corrected chi connectivity index (χ4v) is 5.27. The van der Waals surface area contributed by atoms with Gasteiger partial charge in [-0.25, -0.2) is 14.8 Å². The second kappa shape index (κ2) is 10.3. The largest absolute Gasteiger partial charge is 0.497 e. The number of hydroxylamine groups is 2. The van der Waals surface area contributed by atoms with E-state index in [4.69, 9.17) is 14.6 Å². The molecule has 1 aromatic heterocycles. The lowest BCUT2D eigenvalue weighted by Crippen LogP contribution is -2.44. The van der Waals surface area contributed by atoms with Crippen molar-refractivity contribution in [3.8, 4) is 27.4 Å². The highest BCUT2D eigenvalue weighted by Crippen LogP contribution is 2.42. The number of hydrogen-bond donors (Lipinski definition) is 1. The van der Waals surface area contributed by atoms with Gasteiger partial charge in [0.15, 0.2) is 0 Å². The minimum Gasteiger partial charge on any atom is -0.497 e. The van der Waals surface area contributed by atoms with Crippen LogP contribution in [0, 0.1) is 0 Å². The number of hydrogen-bond acceptors (Lipinski definition) is 6. The standard InChI is InChI=1S/C25H29N3O4S/c1-27(32-3)25(30)28-14-12-20(13-15-28)24-26-22(18-8-10-21(31-2)11-9-18)23(33-24)19-6-4-17(16-29)5-7-19/h4-11,20,29H,12-16H2,1-3H3. The molecule has 1 N–H and O–H groups in total. The van der Waals surface area contributed by atoms with Crippen molar-refractivity contribution in [2.75, 3.05) is 34.4 Å². The molecular formula is C25H29N3O4S. The number of amides is 2. The van der Waals surface area contributed by atoms with Crippen LogP contribution in [0.1, 0.15) is 29.3 Å². The van der Waals surface area contributed by atoms with Crippen molar-refractivity contribution in [2.45, 2.75) is 25.4 Å². The van der Waals surface area contributed by atoms with Crippen molar-refractivity contribution in [1.82, 2.24) is 14.9 Å². The number of aliphatic hydroxyl groups excluding tert-OH is 1. The van der Waals surface area contributed by atoms with Gasteiger partial charge in [0.05, 0.1) is 36.4 Å². The Kier molecular flexibility index (Phi) is 7.27. The SMILES string of the molecule is COc1ccc(-c2nc(C3CCN(C(=O)N(C)OC)CC3)sc2-c2ccc(CO)cc2)cc1. The molecule has 2 aromatic carbocycles. The number of likely N-dealkylation sites (tertiary alicyclic amines) is 1. The molecule has 0 unspecified atom stereocenters. The number of carbonyl (C=O) groups excluding carboxylic acids is 1. The van der Waals surface area contributed by atoms with E-state index in [1.807, 2.05) is 53.4 Å². The minimum atomic E-state index is -0.112. The van der Waals surface area contributed by atoms with Gasteiger partial charge in [-0.15, -0.1) is 11.3 Å². The lowest BCUT2D eigenvalue weighted by Gasteiger charge is -2.33. The number of benzene rings is 2. The zero-order valence-electron chi connectivity index (χ0n) is 19.2. The first-order valence-electron chi connectivity index (χ1n) is 11.0. The summed E-state index contributed by atoms with van der Waals surface area (Å²) in [4.78, 5) is 25.4. The molecule has 1 saturated heterocycles. The first-order chi connectivity index (χ1) is 16.0. The smallest absolute Gasteiger partial charge is 0.343 e. The summed E-state index contributed by atoms with van der Waals surface area (Å²) in [5, 5.41) is 11.8. The maximum absolute atomic E-state index is 12.4. The van der Waals surface area contributed by atoms with Crippen LogP contribution >= 0.6 is 11.3 Å². The first-order valence-corrected chi connectivity index (χ1v) is 11.8. The molecule has 4 rings (SSSR count). The van der Waals surface area contributed by atoms with E-state index in [1.54, 1.807) is 25.5 Å². The van der Waals surface area contributed by atoms with Crippen LogP contribution < -0.4 is 4.74 Å². The Hall–Kier alpha value is -2.94. The van der Waals surface area contributed by atoms with Gasteiger partial charge in [0.1, 0.15) is 5.75 Å². The van der Waals surface area contributed by atoms with Crippen molar-refractivity contribution >= 4 is 17.4 Å². The summed E-state index contributed by atoms with van der Waals surface area (Å²) in [6.07, 6.45) is 1.73. The van der Waals surface area contributed by atoms with E-state index in [1.165, 1.54) is 12.2 Å². The molecule has 0 bridgehead atoms. The summed E-state index contributed by atoms with van der Waals surface area (Å²) < 4.78 is 5.31. The molecule has 1 fully saturated rings. The van der Waals surface area contributed by atoms with Gasteiger partial charge in [-0.1, -0.05) is 24.3 Å². The van der Waals surface area contributed by atoms with Gasteiger partial charge >= 0.3 is 6.03 Å². The molecule has 33 heavy (non-hydrogen) atoms. The van der Waals surface area contributed by atoms with E-state index in [9.17, 15) is 9.90 Å². The van der Waals surface area contributed by atoms with Gasteiger partial charge in [0, 0.05) is 31.6 Å². The molecule has 7 nitrogen and oxygen atoms in total. The Balaban J connectivity index is 1.62. The highest BCUT2D eigenvalue weighted by Gasteiger charge is 2.29. The van der Waals surface area contributed by atoms with Crippen molar-refractivity contribution in [1.29, 1.82) is 0 Å². The molecule has 1 aliphatic heterocycles. The van der Waals surface area contributed by atoms with Crippen LogP contribution in [0.4, 0.5) is 4.79 Å². The quantitative estimate of drug-likeness (QED) is 0.529. The van der Waals surface area contributed by atoms with Gasteiger partial charge in [-0.05, 0) is 48.2 Å². The summed E-state index contributed by atoms with van der Waals surface area (Å²) in [7, 11) is 4.78. The maximum Gasteiger partial charge on any atom is 0.343 e. The highest BCUT2D eigenvalue weighted by atomic mass is 32.1. The van der Waals surface area contributed by atoms with Crippen molar-refractivity contribution in [3.05, 3.63) is 59.1 Å². The summed E-state index contributed by atoms with van der Waals surface area (Å²) in [5.41, 5.74) is 3.95. The summed E-state index contributed by atoms with van der Waals surface area (Å²) in [6, 6.07) is 15.8. The lowest BCUT2D eigenvalue weighted by atomic mass is 9.97.